The molecule has 0 bridgehead atoms. The number of ether oxygens (including phenoxy) is 1. The number of hydrogen-bond donors (Lipinski definition) is 0. The molecule has 1 aliphatic rings. The highest BCUT2D eigenvalue weighted by atomic mass is 32.2. The number of methoxy groups -OCH3 is 1. The molecule has 88 valence electrons. The lowest BCUT2D eigenvalue weighted by molar-refractivity contribution is -0.144. The molecule has 1 saturated carbocycles. The molecule has 4 heteroatoms. The number of rotatable bonds is 4. The average molecular weight is 232 g/mol. The summed E-state index contributed by atoms with van der Waals surface area (Å²) < 4.78 is 16.8. The molecule has 0 saturated heterocycles. The minimum absolute atomic E-state index is 0.0967. The van der Waals surface area contributed by atoms with E-state index in [2.05, 4.69) is 4.74 Å². The van der Waals surface area contributed by atoms with Crippen LogP contribution in [0.1, 0.15) is 39.5 Å². The Morgan fingerprint density at radius 3 is 2.33 bits per heavy atom. The largest absolute Gasteiger partial charge is 0.469 e. The lowest BCUT2D eigenvalue weighted by Gasteiger charge is -2.20. The highest BCUT2D eigenvalue weighted by Crippen LogP contribution is 2.27. The Hall–Kier alpha value is -0.380. The molecule has 0 heterocycles. The molecule has 3 nitrogen and oxygen atoms in total. The molecule has 0 aromatic rings. The highest BCUT2D eigenvalue weighted by molar-refractivity contribution is 7.86. The zero-order chi connectivity index (χ0) is 11.4. The normalized spacial score (nSPS) is 23.4. The number of esters is 1. The van der Waals surface area contributed by atoms with E-state index in [0.717, 1.165) is 12.8 Å². The van der Waals surface area contributed by atoms with E-state index in [1.807, 2.05) is 6.92 Å². The van der Waals surface area contributed by atoms with Crippen molar-refractivity contribution >= 4 is 16.8 Å². The minimum atomic E-state index is -0.893. The summed E-state index contributed by atoms with van der Waals surface area (Å²) in [6.07, 6.45) is 4.45. The van der Waals surface area contributed by atoms with Gasteiger partial charge in [-0.05, 0) is 19.8 Å². The van der Waals surface area contributed by atoms with Crippen LogP contribution in [0.5, 0.6) is 0 Å². The standard InChI is InChI=1S/C11H20O3S/c1-8(11(12)14-3)9(2)15(13)10-6-4-5-7-10/h8-10H,4-7H2,1-3H3. The predicted octanol–water partition coefficient (Wildman–Crippen LogP) is 1.88. The fraction of sp³-hybridized carbons (Fsp3) is 0.909. The second-order valence-electron chi connectivity index (χ2n) is 4.25. The molecular weight excluding hydrogens is 212 g/mol. The first kappa shape index (κ1) is 12.7. The van der Waals surface area contributed by atoms with Gasteiger partial charge in [0.25, 0.3) is 0 Å². The molecule has 0 aromatic carbocycles. The van der Waals surface area contributed by atoms with E-state index in [9.17, 15) is 9.00 Å². The zero-order valence-electron chi connectivity index (χ0n) is 9.69. The van der Waals surface area contributed by atoms with Crippen molar-refractivity contribution in [3.05, 3.63) is 0 Å². The van der Waals surface area contributed by atoms with Crippen molar-refractivity contribution in [1.82, 2.24) is 0 Å². The quantitative estimate of drug-likeness (QED) is 0.695. The number of hydrogen-bond acceptors (Lipinski definition) is 3. The molecule has 0 N–H and O–H groups in total. The van der Waals surface area contributed by atoms with Gasteiger partial charge in [0.05, 0.1) is 13.0 Å². The third-order valence-electron chi connectivity index (χ3n) is 3.27. The molecule has 15 heavy (non-hydrogen) atoms. The summed E-state index contributed by atoms with van der Waals surface area (Å²) in [5.41, 5.74) is 0. The van der Waals surface area contributed by atoms with Crippen LogP contribution in [0.15, 0.2) is 0 Å². The third-order valence-corrected chi connectivity index (χ3v) is 5.54. The topological polar surface area (TPSA) is 43.4 Å². The van der Waals surface area contributed by atoms with Crippen molar-refractivity contribution in [3.63, 3.8) is 0 Å². The molecular formula is C11H20O3S. The van der Waals surface area contributed by atoms with Gasteiger partial charge in [0.2, 0.25) is 0 Å². The van der Waals surface area contributed by atoms with Crippen molar-refractivity contribution < 1.29 is 13.7 Å². The van der Waals surface area contributed by atoms with Gasteiger partial charge in [-0.2, -0.15) is 0 Å². The van der Waals surface area contributed by atoms with Gasteiger partial charge in [-0.3, -0.25) is 9.00 Å². The Morgan fingerprint density at radius 2 is 1.87 bits per heavy atom. The van der Waals surface area contributed by atoms with E-state index in [1.165, 1.54) is 20.0 Å². The van der Waals surface area contributed by atoms with Crippen molar-refractivity contribution in [1.29, 1.82) is 0 Å². The molecule has 0 radical (unpaired) electrons. The molecule has 0 spiro atoms. The lowest BCUT2D eigenvalue weighted by atomic mass is 10.1. The third kappa shape index (κ3) is 3.03. The lowest BCUT2D eigenvalue weighted by Crippen LogP contribution is -2.32. The maximum Gasteiger partial charge on any atom is 0.309 e. The Balaban J connectivity index is 2.54. The zero-order valence-corrected chi connectivity index (χ0v) is 10.5. The van der Waals surface area contributed by atoms with Crippen molar-refractivity contribution in [2.45, 2.75) is 50.0 Å². The van der Waals surface area contributed by atoms with Crippen LogP contribution in [-0.2, 0) is 20.3 Å². The van der Waals surface area contributed by atoms with E-state index in [1.54, 1.807) is 6.92 Å². The SMILES string of the molecule is COC(=O)C(C)C(C)S(=O)C1CCCC1. The van der Waals surface area contributed by atoms with E-state index < -0.39 is 10.8 Å². The van der Waals surface area contributed by atoms with Gasteiger partial charge in [-0.15, -0.1) is 0 Å². The molecule has 1 fully saturated rings. The second-order valence-corrected chi connectivity index (χ2v) is 6.32. The minimum Gasteiger partial charge on any atom is -0.469 e. The highest BCUT2D eigenvalue weighted by Gasteiger charge is 2.31. The van der Waals surface area contributed by atoms with Crippen LogP contribution in [-0.4, -0.2) is 27.8 Å². The Labute approximate surface area is 94.0 Å². The number of carbonyl (C=O) groups excluding carboxylic acids is 1. The van der Waals surface area contributed by atoms with Crippen LogP contribution in [0.2, 0.25) is 0 Å². The van der Waals surface area contributed by atoms with Crippen LogP contribution in [0.25, 0.3) is 0 Å². The van der Waals surface area contributed by atoms with Gasteiger partial charge in [-0.1, -0.05) is 19.8 Å². The van der Waals surface area contributed by atoms with Crippen molar-refractivity contribution in [2.75, 3.05) is 7.11 Å². The second kappa shape index (κ2) is 5.64. The first-order chi connectivity index (χ1) is 7.07. The van der Waals surface area contributed by atoms with Gasteiger partial charge >= 0.3 is 5.97 Å². The Bertz CT molecular complexity index is 246. The first-order valence-corrected chi connectivity index (χ1v) is 6.82. The molecule has 1 rings (SSSR count). The summed E-state index contributed by atoms with van der Waals surface area (Å²) in [5, 5.41) is 0.202. The van der Waals surface area contributed by atoms with Crippen molar-refractivity contribution in [2.24, 2.45) is 5.92 Å². The van der Waals surface area contributed by atoms with Crippen molar-refractivity contribution in [3.8, 4) is 0 Å². The number of carbonyl (C=O) groups is 1. The fourth-order valence-corrected chi connectivity index (χ4v) is 3.92. The molecule has 0 amide bonds. The average Bonchev–Trinajstić information content (AvgIpc) is 2.78. The molecule has 1 aliphatic carbocycles. The van der Waals surface area contributed by atoms with Gasteiger partial charge < -0.3 is 4.74 Å². The van der Waals surface area contributed by atoms with Gasteiger partial charge in [0, 0.05) is 21.3 Å². The smallest absolute Gasteiger partial charge is 0.309 e. The molecule has 0 aromatic heterocycles. The molecule has 0 aliphatic heterocycles. The van der Waals surface area contributed by atoms with Crippen LogP contribution < -0.4 is 0 Å². The maximum atomic E-state index is 12.1. The summed E-state index contributed by atoms with van der Waals surface area (Å²) in [7, 11) is 0.486. The molecule has 3 atom stereocenters. The van der Waals surface area contributed by atoms with Gasteiger partial charge in [0.15, 0.2) is 0 Å². The van der Waals surface area contributed by atoms with E-state index in [4.69, 9.17) is 0 Å². The van der Waals surface area contributed by atoms with Crippen LogP contribution >= 0.6 is 0 Å². The fourth-order valence-electron chi connectivity index (χ4n) is 2.00. The van der Waals surface area contributed by atoms with Crippen LogP contribution in [0.3, 0.4) is 0 Å². The monoisotopic (exact) mass is 232 g/mol. The Kier molecular flexibility index (Phi) is 4.77. The molecule has 3 unspecified atom stereocenters. The van der Waals surface area contributed by atoms with E-state index in [0.29, 0.717) is 5.25 Å². The summed E-state index contributed by atoms with van der Waals surface area (Å²) in [4.78, 5) is 11.3. The summed E-state index contributed by atoms with van der Waals surface area (Å²) in [5.74, 6) is -0.523. The summed E-state index contributed by atoms with van der Waals surface area (Å²) >= 11 is 0. The first-order valence-electron chi connectivity index (χ1n) is 5.55. The maximum absolute atomic E-state index is 12.1. The van der Waals surface area contributed by atoms with E-state index in [-0.39, 0.29) is 17.1 Å². The van der Waals surface area contributed by atoms with Crippen LogP contribution in [0.4, 0.5) is 0 Å². The summed E-state index contributed by atoms with van der Waals surface area (Å²) in [6, 6.07) is 0. The Morgan fingerprint density at radius 1 is 1.33 bits per heavy atom. The van der Waals surface area contributed by atoms with E-state index >= 15 is 0 Å². The van der Waals surface area contributed by atoms with Gasteiger partial charge in [-0.25, -0.2) is 0 Å². The van der Waals surface area contributed by atoms with Gasteiger partial charge in [0.1, 0.15) is 0 Å². The predicted molar refractivity (Wildman–Crippen MR) is 61.0 cm³/mol. The van der Waals surface area contributed by atoms with Crippen LogP contribution in [0, 0.1) is 5.92 Å². The summed E-state index contributed by atoms with van der Waals surface area (Å²) in [6.45, 7) is 3.68.